The minimum absolute atomic E-state index is 0.270. The number of likely N-dealkylation sites (tertiary alicyclic amines) is 1. The highest BCUT2D eigenvalue weighted by Crippen LogP contribution is 2.23. The lowest BCUT2D eigenvalue weighted by molar-refractivity contribution is 0.0420. The minimum Gasteiger partial charge on any atom is -0.444 e. The van der Waals surface area contributed by atoms with Gasteiger partial charge in [0.2, 0.25) is 0 Å². The van der Waals surface area contributed by atoms with E-state index in [1.54, 1.807) is 55.4 Å². The second-order valence-corrected chi connectivity index (χ2v) is 10.9. The van der Waals surface area contributed by atoms with E-state index in [1.807, 2.05) is 11.9 Å². The van der Waals surface area contributed by atoms with Crippen molar-refractivity contribution < 1.29 is 27.8 Å². The van der Waals surface area contributed by atoms with E-state index in [1.165, 1.54) is 0 Å². The number of ether oxygens (including phenoxy) is 2. The normalized spacial score (nSPS) is 31.5. The van der Waals surface area contributed by atoms with Gasteiger partial charge in [0.1, 0.15) is 23.5 Å². The Labute approximate surface area is 184 Å². The van der Waals surface area contributed by atoms with Crippen LogP contribution in [0.15, 0.2) is 0 Å². The minimum atomic E-state index is -1.08. The van der Waals surface area contributed by atoms with E-state index in [-0.39, 0.29) is 6.54 Å². The van der Waals surface area contributed by atoms with Crippen LogP contribution in [0.1, 0.15) is 55.4 Å². The largest absolute Gasteiger partial charge is 0.444 e. The topological polar surface area (TPSA) is 91.9 Å². The summed E-state index contributed by atoms with van der Waals surface area (Å²) in [5.41, 5.74) is -2.82. The van der Waals surface area contributed by atoms with Gasteiger partial charge in [0.25, 0.3) is 0 Å². The van der Waals surface area contributed by atoms with Gasteiger partial charge < -0.3 is 30.3 Å². The number of carbonyl (C=O) groups excluding carboxylic acids is 2. The molecule has 0 saturated carbocycles. The molecule has 4 atom stereocenters. The van der Waals surface area contributed by atoms with E-state index >= 15 is 0 Å². The summed E-state index contributed by atoms with van der Waals surface area (Å²) < 4.78 is 37.3. The van der Waals surface area contributed by atoms with Gasteiger partial charge in [-0.15, -0.1) is 0 Å². The Morgan fingerprint density at radius 3 is 1.71 bits per heavy atom. The first kappa shape index (κ1) is 27.4. The third kappa shape index (κ3) is 9.14. The first-order valence-electron chi connectivity index (χ1n) is 10.5. The van der Waals surface area contributed by atoms with Crippen molar-refractivity contribution in [3.63, 3.8) is 0 Å². The zero-order chi connectivity index (χ0) is 24.3. The third-order valence-electron chi connectivity index (χ3n) is 4.84. The predicted octanol–water partition coefficient (Wildman–Crippen LogP) is 2.76. The van der Waals surface area contributed by atoms with Crippen molar-refractivity contribution in [3.8, 4) is 0 Å². The summed E-state index contributed by atoms with van der Waals surface area (Å²) in [4.78, 5) is 24.8. The van der Waals surface area contributed by atoms with Gasteiger partial charge in [-0.3, -0.25) is 0 Å². The monoisotopic (exact) mass is 450 g/mol. The number of nitrogens with one attached hydrogen (secondary N) is 3. The summed E-state index contributed by atoms with van der Waals surface area (Å²) >= 11 is 0. The van der Waals surface area contributed by atoms with Crippen molar-refractivity contribution in [2.45, 2.75) is 90.0 Å². The van der Waals surface area contributed by atoms with Crippen LogP contribution in [0.3, 0.4) is 0 Å². The smallest absolute Gasteiger partial charge is 0.408 e. The number of alkyl halides is 2. The molecule has 2 amide bonds. The molecule has 2 aliphatic heterocycles. The van der Waals surface area contributed by atoms with E-state index in [4.69, 9.17) is 9.47 Å². The standard InChI is InChI=1S/C11H21FN2O2.C10H19FN2O2/c1-10(2,3)16-9(15)13-11(4)7-14(5)6-8(11)12;1-9(2,3)15-8(14)13-10(4)6-12-5-7(10)11/h8H,6-7H2,1-5H3,(H,13,15);7,12H,5-6H2,1-4H3,(H,13,14)/t8?,11-;7?,10-/m11/s1. The molecule has 0 bridgehead atoms. The van der Waals surface area contributed by atoms with Gasteiger partial charge >= 0.3 is 12.2 Å². The average Bonchev–Trinajstić information content (AvgIpc) is 2.94. The van der Waals surface area contributed by atoms with Gasteiger partial charge in [0, 0.05) is 26.2 Å². The lowest BCUT2D eigenvalue weighted by Crippen LogP contribution is -2.54. The number of alkyl carbamates (subject to hydrolysis) is 2. The summed E-state index contributed by atoms with van der Waals surface area (Å²) in [6.45, 7) is 15.6. The quantitative estimate of drug-likeness (QED) is 0.599. The van der Waals surface area contributed by atoms with Crippen molar-refractivity contribution in [2.24, 2.45) is 0 Å². The highest BCUT2D eigenvalue weighted by molar-refractivity contribution is 5.69. The molecule has 0 aromatic heterocycles. The fraction of sp³-hybridized carbons (Fsp3) is 0.905. The average molecular weight is 451 g/mol. The van der Waals surface area contributed by atoms with Gasteiger partial charge in [-0.25, -0.2) is 18.4 Å². The van der Waals surface area contributed by atoms with Gasteiger partial charge in [-0.05, 0) is 62.4 Å². The number of halogens is 2. The molecular weight excluding hydrogens is 410 g/mol. The van der Waals surface area contributed by atoms with Crippen LogP contribution in [-0.2, 0) is 9.47 Å². The summed E-state index contributed by atoms with van der Waals surface area (Å²) in [6.07, 6.45) is -3.28. The number of hydrogen-bond acceptors (Lipinski definition) is 6. The summed E-state index contributed by atoms with van der Waals surface area (Å²) in [5.74, 6) is 0. The van der Waals surface area contributed by atoms with Crippen LogP contribution >= 0.6 is 0 Å². The Morgan fingerprint density at radius 1 is 0.935 bits per heavy atom. The van der Waals surface area contributed by atoms with E-state index in [9.17, 15) is 18.4 Å². The third-order valence-corrected chi connectivity index (χ3v) is 4.84. The molecule has 2 fully saturated rings. The van der Waals surface area contributed by atoms with Crippen LogP contribution in [0.25, 0.3) is 0 Å². The summed E-state index contributed by atoms with van der Waals surface area (Å²) in [6, 6.07) is 0. The molecule has 2 rings (SSSR count). The molecule has 2 unspecified atom stereocenters. The maximum absolute atomic E-state index is 13.7. The fourth-order valence-corrected chi connectivity index (χ4v) is 3.31. The molecule has 2 saturated heterocycles. The lowest BCUT2D eigenvalue weighted by Gasteiger charge is -2.29. The van der Waals surface area contributed by atoms with Crippen molar-refractivity contribution in [1.82, 2.24) is 20.9 Å². The number of amides is 2. The Balaban J connectivity index is 0.000000311. The van der Waals surface area contributed by atoms with Crippen LogP contribution < -0.4 is 16.0 Å². The molecule has 10 heteroatoms. The fourth-order valence-electron chi connectivity index (χ4n) is 3.31. The Morgan fingerprint density at radius 2 is 1.39 bits per heavy atom. The first-order valence-corrected chi connectivity index (χ1v) is 10.5. The van der Waals surface area contributed by atoms with Gasteiger partial charge in [0.15, 0.2) is 0 Å². The highest BCUT2D eigenvalue weighted by Gasteiger charge is 2.44. The number of nitrogens with zero attached hydrogens (tertiary/aromatic N) is 1. The zero-order valence-corrected chi connectivity index (χ0v) is 20.3. The van der Waals surface area contributed by atoms with E-state index < -0.39 is 46.8 Å². The Bertz CT molecular complexity index is 638. The van der Waals surface area contributed by atoms with Crippen LogP contribution in [-0.4, -0.2) is 84.9 Å². The molecule has 182 valence electrons. The lowest BCUT2D eigenvalue weighted by atomic mass is 10.0. The SMILES string of the molecule is CC(C)(C)OC(=O)N[C@]1(C)CNCC1F.CN1CC(F)[C@](C)(NC(=O)OC(C)(C)C)C1. The van der Waals surface area contributed by atoms with Crippen molar-refractivity contribution in [1.29, 1.82) is 0 Å². The van der Waals surface area contributed by atoms with Gasteiger partial charge in [-0.2, -0.15) is 0 Å². The van der Waals surface area contributed by atoms with Crippen molar-refractivity contribution in [3.05, 3.63) is 0 Å². The zero-order valence-electron chi connectivity index (χ0n) is 20.3. The molecule has 2 aliphatic rings. The molecule has 8 nitrogen and oxygen atoms in total. The Hall–Kier alpha value is -1.68. The van der Waals surface area contributed by atoms with Crippen molar-refractivity contribution in [2.75, 3.05) is 33.2 Å². The van der Waals surface area contributed by atoms with Crippen LogP contribution in [0.2, 0.25) is 0 Å². The molecule has 0 aromatic rings. The molecule has 0 spiro atoms. The number of likely N-dealkylation sites (N-methyl/N-ethyl adjacent to an activating group) is 1. The summed E-state index contributed by atoms with van der Waals surface area (Å²) in [7, 11) is 1.83. The van der Waals surface area contributed by atoms with Gasteiger partial charge in [0.05, 0.1) is 11.1 Å². The van der Waals surface area contributed by atoms with Crippen LogP contribution in [0, 0.1) is 0 Å². The number of carbonyl (C=O) groups is 2. The van der Waals surface area contributed by atoms with Crippen LogP contribution in [0.5, 0.6) is 0 Å². The molecule has 2 heterocycles. The Kier molecular flexibility index (Phi) is 8.69. The second-order valence-electron chi connectivity index (χ2n) is 10.9. The van der Waals surface area contributed by atoms with E-state index in [2.05, 4.69) is 16.0 Å². The molecule has 0 radical (unpaired) electrons. The molecular formula is C21H40F2N4O4. The van der Waals surface area contributed by atoms with Crippen LogP contribution in [0.4, 0.5) is 18.4 Å². The number of hydrogen-bond donors (Lipinski definition) is 3. The maximum atomic E-state index is 13.7. The number of rotatable bonds is 2. The molecule has 31 heavy (non-hydrogen) atoms. The highest BCUT2D eigenvalue weighted by atomic mass is 19.1. The maximum Gasteiger partial charge on any atom is 0.408 e. The summed E-state index contributed by atoms with van der Waals surface area (Å²) in [5, 5.41) is 8.06. The molecule has 3 N–H and O–H groups in total. The molecule has 0 aliphatic carbocycles. The van der Waals surface area contributed by atoms with E-state index in [0.29, 0.717) is 19.6 Å². The van der Waals surface area contributed by atoms with Crippen molar-refractivity contribution >= 4 is 12.2 Å². The van der Waals surface area contributed by atoms with Gasteiger partial charge in [-0.1, -0.05) is 0 Å². The predicted molar refractivity (Wildman–Crippen MR) is 116 cm³/mol. The first-order chi connectivity index (χ1) is 13.9. The van der Waals surface area contributed by atoms with E-state index in [0.717, 1.165) is 0 Å². The second kappa shape index (κ2) is 9.85. The molecule has 0 aromatic carbocycles.